The average molecular weight is 228 g/mol. The fourth-order valence-corrected chi connectivity index (χ4v) is 1.11. The molecule has 0 fully saturated rings. The van der Waals surface area contributed by atoms with E-state index in [1.165, 1.54) is 19.2 Å². The van der Waals surface area contributed by atoms with Gasteiger partial charge in [0, 0.05) is 6.20 Å². The van der Waals surface area contributed by atoms with Gasteiger partial charge in [0.05, 0.1) is 5.56 Å². The second-order valence-electron chi connectivity index (χ2n) is 2.94. The van der Waals surface area contributed by atoms with Gasteiger partial charge in [0.1, 0.15) is 11.2 Å². The van der Waals surface area contributed by atoms with Crippen LogP contribution in [0, 0.1) is 0 Å². The van der Waals surface area contributed by atoms with Gasteiger partial charge in [-0.05, 0) is 19.1 Å². The number of aromatic nitrogens is 1. The van der Waals surface area contributed by atoms with Crippen molar-refractivity contribution in [2.45, 2.75) is 13.0 Å². The van der Waals surface area contributed by atoms with Gasteiger partial charge in [-0.25, -0.2) is 4.98 Å². The third-order valence-electron chi connectivity index (χ3n) is 1.78. The molecule has 1 atom stereocenters. The van der Waals surface area contributed by atoms with Crippen LogP contribution in [0.4, 0.5) is 0 Å². The van der Waals surface area contributed by atoms with Gasteiger partial charge in [0.25, 0.3) is 5.91 Å². The number of carbonyl (C=O) groups is 2. The van der Waals surface area contributed by atoms with Crippen LogP contribution >= 0.6 is 11.6 Å². The zero-order valence-electron chi connectivity index (χ0n) is 8.03. The molecule has 0 spiro atoms. The lowest BCUT2D eigenvalue weighted by atomic mass is 10.2. The molecule has 0 bridgehead atoms. The molecule has 2 amide bonds. The molecule has 0 unspecified atom stereocenters. The minimum Gasteiger partial charge on any atom is -0.368 e. The highest BCUT2D eigenvalue weighted by molar-refractivity contribution is 6.32. The maximum absolute atomic E-state index is 11.5. The second kappa shape index (κ2) is 4.75. The smallest absolute Gasteiger partial charge is 0.255 e. The molecule has 1 aromatic rings. The Kier molecular flexibility index (Phi) is 3.62. The number of rotatable bonds is 3. The summed E-state index contributed by atoms with van der Waals surface area (Å²) in [4.78, 5) is 26.0. The lowest BCUT2D eigenvalue weighted by molar-refractivity contribution is -0.119. The van der Waals surface area contributed by atoms with E-state index in [4.69, 9.17) is 17.3 Å². The van der Waals surface area contributed by atoms with Crippen LogP contribution in [0.3, 0.4) is 0 Å². The largest absolute Gasteiger partial charge is 0.368 e. The van der Waals surface area contributed by atoms with Crippen LogP contribution in [0.5, 0.6) is 0 Å². The Morgan fingerprint density at radius 2 is 2.27 bits per heavy atom. The Morgan fingerprint density at radius 1 is 1.60 bits per heavy atom. The molecule has 0 saturated carbocycles. The Hall–Kier alpha value is -1.62. The van der Waals surface area contributed by atoms with E-state index in [1.54, 1.807) is 6.07 Å². The number of hydrogen-bond acceptors (Lipinski definition) is 3. The third kappa shape index (κ3) is 2.92. The van der Waals surface area contributed by atoms with E-state index < -0.39 is 17.9 Å². The molecule has 0 aliphatic carbocycles. The molecular weight excluding hydrogens is 218 g/mol. The summed E-state index contributed by atoms with van der Waals surface area (Å²) in [6, 6.07) is 2.35. The predicted octanol–water partition coefficient (Wildman–Crippen LogP) is 0.339. The lowest BCUT2D eigenvalue weighted by Gasteiger charge is -2.10. The Balaban J connectivity index is 2.78. The molecule has 3 N–H and O–H groups in total. The molecule has 0 saturated heterocycles. The number of pyridine rings is 1. The predicted molar refractivity (Wildman–Crippen MR) is 55.4 cm³/mol. The summed E-state index contributed by atoms with van der Waals surface area (Å²) in [6.07, 6.45) is 1.47. The Bertz CT molecular complexity index is 395. The van der Waals surface area contributed by atoms with Gasteiger partial charge < -0.3 is 11.1 Å². The molecule has 1 heterocycles. The summed E-state index contributed by atoms with van der Waals surface area (Å²) in [5, 5.41) is 2.49. The van der Waals surface area contributed by atoms with Crippen molar-refractivity contribution in [2.24, 2.45) is 5.73 Å². The number of amides is 2. The highest BCUT2D eigenvalue weighted by atomic mass is 35.5. The average Bonchev–Trinajstić information content (AvgIpc) is 2.18. The summed E-state index contributed by atoms with van der Waals surface area (Å²) in [5.41, 5.74) is 5.21. The molecule has 0 radical (unpaired) electrons. The number of carbonyl (C=O) groups excluding carboxylic acids is 2. The van der Waals surface area contributed by atoms with Gasteiger partial charge in [0.15, 0.2) is 0 Å². The number of primary amides is 1. The first-order valence-corrected chi connectivity index (χ1v) is 4.61. The van der Waals surface area contributed by atoms with Crippen molar-refractivity contribution in [2.75, 3.05) is 0 Å². The molecule has 80 valence electrons. The summed E-state index contributed by atoms with van der Waals surface area (Å²) in [7, 11) is 0. The Morgan fingerprint density at radius 3 is 2.80 bits per heavy atom. The minimum absolute atomic E-state index is 0.0895. The fraction of sp³-hybridized carbons (Fsp3) is 0.222. The van der Waals surface area contributed by atoms with Crippen LogP contribution in [0.1, 0.15) is 17.3 Å². The van der Waals surface area contributed by atoms with Crippen LogP contribution in [0.15, 0.2) is 18.3 Å². The number of halogens is 1. The second-order valence-corrected chi connectivity index (χ2v) is 3.30. The summed E-state index contributed by atoms with van der Waals surface area (Å²) < 4.78 is 0. The number of nitrogens with two attached hydrogens (primary N) is 1. The van der Waals surface area contributed by atoms with E-state index in [1.807, 2.05) is 0 Å². The zero-order chi connectivity index (χ0) is 11.4. The van der Waals surface area contributed by atoms with Crippen LogP contribution in [0.25, 0.3) is 0 Å². The third-order valence-corrected chi connectivity index (χ3v) is 2.08. The zero-order valence-corrected chi connectivity index (χ0v) is 8.78. The van der Waals surface area contributed by atoms with Crippen molar-refractivity contribution in [3.63, 3.8) is 0 Å². The van der Waals surface area contributed by atoms with E-state index in [9.17, 15) is 9.59 Å². The van der Waals surface area contributed by atoms with Crippen molar-refractivity contribution in [3.8, 4) is 0 Å². The van der Waals surface area contributed by atoms with Crippen molar-refractivity contribution < 1.29 is 9.59 Å². The van der Waals surface area contributed by atoms with Crippen LogP contribution in [-0.4, -0.2) is 22.8 Å². The van der Waals surface area contributed by atoms with Gasteiger partial charge in [0.2, 0.25) is 5.91 Å². The molecule has 1 rings (SSSR count). The highest BCUT2D eigenvalue weighted by Gasteiger charge is 2.15. The van der Waals surface area contributed by atoms with Crippen molar-refractivity contribution in [1.82, 2.24) is 10.3 Å². The summed E-state index contributed by atoms with van der Waals surface area (Å²) in [5.74, 6) is -1.08. The molecule has 5 nitrogen and oxygen atoms in total. The minimum atomic E-state index is -0.742. The summed E-state index contributed by atoms with van der Waals surface area (Å²) in [6.45, 7) is 1.49. The first-order chi connectivity index (χ1) is 7.02. The van der Waals surface area contributed by atoms with Gasteiger partial charge in [-0.1, -0.05) is 11.6 Å². The van der Waals surface area contributed by atoms with E-state index in [0.717, 1.165) is 0 Å². The maximum Gasteiger partial charge on any atom is 0.255 e. The number of nitrogens with zero attached hydrogens (tertiary/aromatic N) is 1. The van der Waals surface area contributed by atoms with Crippen LogP contribution in [-0.2, 0) is 4.79 Å². The van der Waals surface area contributed by atoms with Gasteiger partial charge in [-0.2, -0.15) is 0 Å². The fourth-order valence-electron chi connectivity index (χ4n) is 0.901. The van der Waals surface area contributed by atoms with Gasteiger partial charge in [-0.3, -0.25) is 9.59 Å². The topological polar surface area (TPSA) is 85.1 Å². The quantitative estimate of drug-likeness (QED) is 0.731. The molecule has 15 heavy (non-hydrogen) atoms. The first kappa shape index (κ1) is 11.5. The van der Waals surface area contributed by atoms with Crippen molar-refractivity contribution in [3.05, 3.63) is 29.0 Å². The molecule has 6 heteroatoms. The Labute approximate surface area is 91.6 Å². The van der Waals surface area contributed by atoms with Gasteiger partial charge >= 0.3 is 0 Å². The normalized spacial score (nSPS) is 11.9. The summed E-state index contributed by atoms with van der Waals surface area (Å²) >= 11 is 5.69. The van der Waals surface area contributed by atoms with Crippen molar-refractivity contribution >= 4 is 23.4 Å². The van der Waals surface area contributed by atoms with E-state index in [0.29, 0.717) is 0 Å². The molecule has 1 aromatic heterocycles. The molecule has 0 aliphatic rings. The highest BCUT2D eigenvalue weighted by Crippen LogP contribution is 2.11. The standard InChI is InChI=1S/C9H10ClN3O2/c1-5(8(11)14)13-9(15)6-3-2-4-12-7(6)10/h2-5H,1H3,(H2,11,14)(H,13,15)/t5-/m1/s1. The maximum atomic E-state index is 11.5. The van der Waals surface area contributed by atoms with E-state index in [-0.39, 0.29) is 10.7 Å². The van der Waals surface area contributed by atoms with Crippen LogP contribution in [0.2, 0.25) is 5.15 Å². The van der Waals surface area contributed by atoms with E-state index >= 15 is 0 Å². The van der Waals surface area contributed by atoms with Crippen LogP contribution < -0.4 is 11.1 Å². The molecule has 0 aliphatic heterocycles. The molecular formula is C9H10ClN3O2. The molecule has 0 aromatic carbocycles. The van der Waals surface area contributed by atoms with Crippen molar-refractivity contribution in [1.29, 1.82) is 0 Å². The SMILES string of the molecule is C[C@@H](NC(=O)c1cccnc1Cl)C(N)=O. The number of hydrogen-bond donors (Lipinski definition) is 2. The van der Waals surface area contributed by atoms with Gasteiger partial charge in [-0.15, -0.1) is 0 Å². The first-order valence-electron chi connectivity index (χ1n) is 4.23. The monoisotopic (exact) mass is 227 g/mol. The lowest BCUT2D eigenvalue weighted by Crippen LogP contribution is -2.42. The van der Waals surface area contributed by atoms with E-state index in [2.05, 4.69) is 10.3 Å². The number of nitrogens with one attached hydrogen (secondary N) is 1.